The summed E-state index contributed by atoms with van der Waals surface area (Å²) in [6.07, 6.45) is 5.09. The highest BCUT2D eigenvalue weighted by Crippen LogP contribution is 2.29. The van der Waals surface area contributed by atoms with E-state index in [9.17, 15) is 4.79 Å². The number of aryl methyl sites for hydroxylation is 1. The number of amides is 1. The first-order valence-corrected chi connectivity index (χ1v) is 5.98. The summed E-state index contributed by atoms with van der Waals surface area (Å²) in [4.78, 5) is 21.7. The third kappa shape index (κ3) is 3.00. The minimum Gasteiger partial charge on any atom is -0.369 e. The van der Waals surface area contributed by atoms with E-state index in [4.69, 9.17) is 5.73 Å². The fourth-order valence-electron chi connectivity index (χ4n) is 2.38. The van der Waals surface area contributed by atoms with Crippen LogP contribution < -0.4 is 5.73 Å². The molecule has 17 heavy (non-hydrogen) atoms. The van der Waals surface area contributed by atoms with Gasteiger partial charge in [-0.25, -0.2) is 9.97 Å². The van der Waals surface area contributed by atoms with Gasteiger partial charge in [0.25, 0.3) is 0 Å². The average Bonchev–Trinajstić information content (AvgIpc) is 2.29. The fourth-order valence-corrected chi connectivity index (χ4v) is 2.38. The van der Waals surface area contributed by atoms with Crippen molar-refractivity contribution in [3.8, 4) is 0 Å². The number of piperidine rings is 1. The van der Waals surface area contributed by atoms with Gasteiger partial charge >= 0.3 is 0 Å². The zero-order valence-corrected chi connectivity index (χ0v) is 10.1. The number of hydrogen-bond acceptors (Lipinski definition) is 4. The molecule has 5 nitrogen and oxygen atoms in total. The van der Waals surface area contributed by atoms with Crippen molar-refractivity contribution in [2.75, 3.05) is 13.1 Å². The zero-order valence-electron chi connectivity index (χ0n) is 10.1. The van der Waals surface area contributed by atoms with E-state index < -0.39 is 0 Å². The minimum absolute atomic E-state index is 0.206. The molecule has 5 heteroatoms. The van der Waals surface area contributed by atoms with Crippen molar-refractivity contribution in [3.63, 3.8) is 0 Å². The molecular weight excluding hydrogens is 216 g/mol. The SMILES string of the molecule is Cc1nccc(C2CCCCN2CC(N)=O)n1. The second-order valence-corrected chi connectivity index (χ2v) is 4.48. The molecule has 1 fully saturated rings. The van der Waals surface area contributed by atoms with E-state index in [1.807, 2.05) is 13.0 Å². The maximum Gasteiger partial charge on any atom is 0.231 e. The van der Waals surface area contributed by atoms with Gasteiger partial charge in [0.1, 0.15) is 5.82 Å². The molecule has 1 saturated heterocycles. The molecule has 0 spiro atoms. The Balaban J connectivity index is 2.18. The van der Waals surface area contributed by atoms with Crippen LogP contribution in [0, 0.1) is 6.92 Å². The summed E-state index contributed by atoms with van der Waals surface area (Å²) in [7, 11) is 0. The molecule has 0 saturated carbocycles. The van der Waals surface area contributed by atoms with Crippen molar-refractivity contribution in [2.24, 2.45) is 5.73 Å². The molecule has 2 N–H and O–H groups in total. The van der Waals surface area contributed by atoms with Crippen LogP contribution in [0.25, 0.3) is 0 Å². The molecule has 1 atom stereocenters. The summed E-state index contributed by atoms with van der Waals surface area (Å²) in [5.74, 6) is 0.495. The summed E-state index contributed by atoms with van der Waals surface area (Å²) in [5, 5.41) is 0. The first-order chi connectivity index (χ1) is 8.16. The highest BCUT2D eigenvalue weighted by Gasteiger charge is 2.25. The van der Waals surface area contributed by atoms with Crippen LogP contribution in [-0.2, 0) is 4.79 Å². The smallest absolute Gasteiger partial charge is 0.231 e. The fraction of sp³-hybridized carbons (Fsp3) is 0.583. The standard InChI is InChI=1S/C12H18N4O/c1-9-14-6-5-10(15-9)11-4-2-3-7-16(11)8-12(13)17/h5-6,11H,2-4,7-8H2,1H3,(H2,13,17). The van der Waals surface area contributed by atoms with Crippen molar-refractivity contribution < 1.29 is 4.79 Å². The summed E-state index contributed by atoms with van der Waals surface area (Å²) in [6, 6.07) is 2.13. The van der Waals surface area contributed by atoms with Gasteiger partial charge in [0.15, 0.2) is 0 Å². The van der Waals surface area contributed by atoms with Crippen LogP contribution in [0.3, 0.4) is 0 Å². The zero-order chi connectivity index (χ0) is 12.3. The lowest BCUT2D eigenvalue weighted by Crippen LogP contribution is -2.40. The Hall–Kier alpha value is -1.49. The van der Waals surface area contributed by atoms with E-state index in [1.165, 1.54) is 6.42 Å². The lowest BCUT2D eigenvalue weighted by molar-refractivity contribution is -0.120. The molecule has 0 radical (unpaired) electrons. The molecule has 2 heterocycles. The molecule has 1 aliphatic rings. The first kappa shape index (κ1) is 12.0. The molecule has 1 aliphatic heterocycles. The Morgan fingerprint density at radius 2 is 2.41 bits per heavy atom. The summed E-state index contributed by atoms with van der Waals surface area (Å²) in [6.45, 7) is 3.11. The number of carbonyl (C=O) groups is 1. The summed E-state index contributed by atoms with van der Waals surface area (Å²) in [5.41, 5.74) is 6.28. The quantitative estimate of drug-likeness (QED) is 0.839. The van der Waals surface area contributed by atoms with E-state index in [0.29, 0.717) is 6.54 Å². The van der Waals surface area contributed by atoms with Crippen molar-refractivity contribution in [2.45, 2.75) is 32.2 Å². The van der Waals surface area contributed by atoms with Crippen LogP contribution in [0.1, 0.15) is 36.8 Å². The van der Waals surface area contributed by atoms with Crippen molar-refractivity contribution in [1.29, 1.82) is 0 Å². The lowest BCUT2D eigenvalue weighted by Gasteiger charge is -2.34. The van der Waals surface area contributed by atoms with Crippen molar-refractivity contribution >= 4 is 5.91 Å². The number of nitrogens with two attached hydrogens (primary N) is 1. The predicted octanol–water partition coefficient (Wildman–Crippen LogP) is 0.797. The van der Waals surface area contributed by atoms with Gasteiger partial charge in [-0.1, -0.05) is 6.42 Å². The van der Waals surface area contributed by atoms with Crippen LogP contribution in [0.15, 0.2) is 12.3 Å². The normalized spacial score (nSPS) is 21.4. The van der Waals surface area contributed by atoms with Gasteiger partial charge in [-0.2, -0.15) is 0 Å². The highest BCUT2D eigenvalue weighted by atomic mass is 16.1. The Bertz CT molecular complexity index is 407. The average molecular weight is 234 g/mol. The number of rotatable bonds is 3. The molecule has 92 valence electrons. The molecule has 1 aromatic rings. The van der Waals surface area contributed by atoms with Crippen molar-refractivity contribution in [3.05, 3.63) is 23.8 Å². The molecule has 2 rings (SSSR count). The maximum absolute atomic E-state index is 11.1. The van der Waals surface area contributed by atoms with Gasteiger partial charge in [-0.3, -0.25) is 9.69 Å². The molecule has 0 aromatic carbocycles. The van der Waals surface area contributed by atoms with Crippen LogP contribution in [0.2, 0.25) is 0 Å². The van der Waals surface area contributed by atoms with Crippen molar-refractivity contribution in [1.82, 2.24) is 14.9 Å². The number of primary amides is 1. The van der Waals surface area contributed by atoms with Gasteiger partial charge in [-0.15, -0.1) is 0 Å². The minimum atomic E-state index is -0.275. The largest absolute Gasteiger partial charge is 0.369 e. The van der Waals surface area contributed by atoms with Gasteiger partial charge in [0, 0.05) is 6.20 Å². The second-order valence-electron chi connectivity index (χ2n) is 4.48. The number of carbonyl (C=O) groups excluding carboxylic acids is 1. The number of aromatic nitrogens is 2. The number of nitrogens with zero attached hydrogens (tertiary/aromatic N) is 3. The maximum atomic E-state index is 11.1. The summed E-state index contributed by atoms with van der Waals surface area (Å²) < 4.78 is 0. The van der Waals surface area contributed by atoms with Crippen LogP contribution >= 0.6 is 0 Å². The number of hydrogen-bond donors (Lipinski definition) is 1. The Labute approximate surface area is 101 Å². The van der Waals surface area contributed by atoms with Gasteiger partial charge in [0.2, 0.25) is 5.91 Å². The van der Waals surface area contributed by atoms with Gasteiger partial charge < -0.3 is 5.73 Å². The highest BCUT2D eigenvalue weighted by molar-refractivity contribution is 5.76. The van der Waals surface area contributed by atoms with Crippen LogP contribution in [0.4, 0.5) is 0 Å². The topological polar surface area (TPSA) is 72.1 Å². The predicted molar refractivity (Wildman–Crippen MR) is 64.1 cm³/mol. The van der Waals surface area contributed by atoms with Crippen LogP contribution in [0.5, 0.6) is 0 Å². The van der Waals surface area contributed by atoms with Gasteiger partial charge in [0.05, 0.1) is 18.3 Å². The molecule has 0 bridgehead atoms. The third-order valence-electron chi connectivity index (χ3n) is 3.11. The molecule has 1 unspecified atom stereocenters. The van der Waals surface area contributed by atoms with E-state index in [2.05, 4.69) is 14.9 Å². The first-order valence-electron chi connectivity index (χ1n) is 5.98. The lowest BCUT2D eigenvalue weighted by atomic mass is 9.99. The Morgan fingerprint density at radius 3 is 3.12 bits per heavy atom. The number of likely N-dealkylation sites (tertiary alicyclic amines) is 1. The van der Waals surface area contributed by atoms with Gasteiger partial charge in [-0.05, 0) is 32.4 Å². The van der Waals surface area contributed by atoms with Crippen LogP contribution in [-0.4, -0.2) is 33.9 Å². The second kappa shape index (κ2) is 5.23. The molecule has 1 amide bonds. The Kier molecular flexibility index (Phi) is 3.68. The summed E-state index contributed by atoms with van der Waals surface area (Å²) >= 11 is 0. The van der Waals surface area contributed by atoms with E-state index >= 15 is 0 Å². The third-order valence-corrected chi connectivity index (χ3v) is 3.11. The van der Waals surface area contributed by atoms with E-state index in [1.54, 1.807) is 6.20 Å². The molecule has 1 aromatic heterocycles. The molecular formula is C12H18N4O. The molecule has 0 aliphatic carbocycles. The monoisotopic (exact) mass is 234 g/mol. The van der Waals surface area contributed by atoms with E-state index in [-0.39, 0.29) is 11.9 Å². The van der Waals surface area contributed by atoms with E-state index in [0.717, 1.165) is 30.9 Å². The Morgan fingerprint density at radius 1 is 1.59 bits per heavy atom.